The first kappa shape index (κ1) is 34.1. The number of hydrogen-bond donors (Lipinski definition) is 3. The summed E-state index contributed by atoms with van der Waals surface area (Å²) in [4.78, 5) is 42.0. The van der Waals surface area contributed by atoms with E-state index >= 15 is 0 Å². The van der Waals surface area contributed by atoms with E-state index in [1.165, 1.54) is 0 Å². The van der Waals surface area contributed by atoms with Crippen molar-refractivity contribution in [3.05, 3.63) is 94.5 Å². The highest BCUT2D eigenvalue weighted by Crippen LogP contribution is 2.29. The number of nitrogens with one attached hydrogen (secondary N) is 3. The quantitative estimate of drug-likeness (QED) is 0.164. The van der Waals surface area contributed by atoms with Crippen LogP contribution in [0.1, 0.15) is 54.1 Å². The second-order valence-corrected chi connectivity index (χ2v) is 11.1. The molecule has 3 aromatic rings. The van der Waals surface area contributed by atoms with E-state index in [0.717, 1.165) is 0 Å². The maximum absolute atomic E-state index is 13.6. The molecule has 3 rings (SSSR count). The molecule has 1 aromatic heterocycles. The van der Waals surface area contributed by atoms with Crippen LogP contribution in [0.15, 0.2) is 72.7 Å². The van der Waals surface area contributed by atoms with Gasteiger partial charge in [0.25, 0.3) is 5.91 Å². The van der Waals surface area contributed by atoms with Crippen LogP contribution in [0, 0.1) is 0 Å². The zero-order valence-electron chi connectivity index (χ0n) is 24.7. The minimum atomic E-state index is -0.702. The molecule has 1 heterocycles. The topological polar surface area (TPSA) is 122 Å². The van der Waals surface area contributed by atoms with Gasteiger partial charge in [0.15, 0.2) is 5.11 Å². The third-order valence-electron chi connectivity index (χ3n) is 5.76. The predicted molar refractivity (Wildman–Crippen MR) is 170 cm³/mol. The SMILES string of the molecule is CCOC(=O)c1[nH]ccc1N(Cc1ccc(Cl)c(OC/C(=C/F)CNC(=O)OC(C)(C)C)c1)C(=S)NC(=O)c1ccccc1. The lowest BCUT2D eigenvalue weighted by atomic mass is 10.2. The molecule has 3 N–H and O–H groups in total. The summed E-state index contributed by atoms with van der Waals surface area (Å²) in [6, 6.07) is 15.1. The maximum atomic E-state index is 13.6. The second kappa shape index (κ2) is 15.9. The lowest BCUT2D eigenvalue weighted by molar-refractivity contribution is 0.0514. The van der Waals surface area contributed by atoms with Crippen LogP contribution in [0.25, 0.3) is 0 Å². The van der Waals surface area contributed by atoms with Crippen LogP contribution in [0.2, 0.25) is 5.02 Å². The number of rotatable bonds is 11. The number of carbonyl (C=O) groups is 3. The summed E-state index contributed by atoms with van der Waals surface area (Å²) in [5.74, 6) is -0.792. The fraction of sp³-hybridized carbons (Fsp3) is 0.290. The van der Waals surface area contributed by atoms with Crippen LogP contribution in [0.4, 0.5) is 14.9 Å². The number of nitrogens with zero attached hydrogens (tertiary/aromatic N) is 1. The molecular weight excluding hydrogens is 611 g/mol. The molecule has 0 saturated heterocycles. The average Bonchev–Trinajstić information content (AvgIpc) is 3.46. The first-order valence-electron chi connectivity index (χ1n) is 13.6. The zero-order valence-corrected chi connectivity index (χ0v) is 26.3. The molecule has 0 saturated carbocycles. The maximum Gasteiger partial charge on any atom is 0.407 e. The number of anilines is 1. The van der Waals surface area contributed by atoms with Gasteiger partial charge in [-0.2, -0.15) is 0 Å². The third kappa shape index (κ3) is 10.1. The fourth-order valence-electron chi connectivity index (χ4n) is 3.78. The number of hydrogen-bond acceptors (Lipinski definition) is 7. The van der Waals surface area contributed by atoms with Gasteiger partial charge in [-0.25, -0.2) is 14.0 Å². The number of aromatic nitrogens is 1. The van der Waals surface area contributed by atoms with Crippen molar-refractivity contribution in [1.29, 1.82) is 0 Å². The lowest BCUT2D eigenvalue weighted by Gasteiger charge is -2.26. The number of carbonyl (C=O) groups excluding carboxylic acids is 3. The summed E-state index contributed by atoms with van der Waals surface area (Å²) < 4.78 is 29.7. The predicted octanol–water partition coefficient (Wildman–Crippen LogP) is 6.32. The number of thiocarbonyl (C=S) groups is 1. The van der Waals surface area contributed by atoms with Crippen LogP contribution < -0.4 is 20.3 Å². The summed E-state index contributed by atoms with van der Waals surface area (Å²) in [6.45, 7) is 6.73. The average molecular weight is 645 g/mol. The van der Waals surface area contributed by atoms with Crippen molar-refractivity contribution < 1.29 is 33.0 Å². The number of halogens is 2. The van der Waals surface area contributed by atoms with Crippen molar-refractivity contribution in [3.8, 4) is 5.75 Å². The number of H-pyrrole nitrogens is 1. The van der Waals surface area contributed by atoms with Crippen molar-refractivity contribution >= 4 is 52.6 Å². The largest absolute Gasteiger partial charge is 0.488 e. The van der Waals surface area contributed by atoms with Crippen molar-refractivity contribution in [3.63, 3.8) is 0 Å². The Hall–Kier alpha value is -4.42. The normalized spacial score (nSPS) is 11.4. The summed E-state index contributed by atoms with van der Waals surface area (Å²) in [5.41, 5.74) is 0.976. The van der Waals surface area contributed by atoms with Crippen molar-refractivity contribution in [2.45, 2.75) is 39.8 Å². The van der Waals surface area contributed by atoms with E-state index in [4.69, 9.17) is 38.0 Å². The standard InChI is InChI=1S/C31H34ClFN4O6S/c1-5-41-28(39)26-24(13-14-34-26)37(29(44)36-27(38)22-9-7-6-8-10-22)18-20-11-12-23(32)25(15-20)42-19-21(16-33)17-35-30(40)43-31(2,3)4/h6-16,34H,5,17-19H2,1-4H3,(H,35,40)(H,36,38,44)/b21-16+. The van der Waals surface area contributed by atoms with Crippen molar-refractivity contribution in [1.82, 2.24) is 15.6 Å². The molecule has 0 unspecified atom stereocenters. The highest BCUT2D eigenvalue weighted by molar-refractivity contribution is 7.80. The summed E-state index contributed by atoms with van der Waals surface area (Å²) in [5, 5.41) is 5.48. The van der Waals surface area contributed by atoms with Gasteiger partial charge in [0, 0.05) is 23.9 Å². The molecule has 0 aliphatic carbocycles. The molecule has 44 heavy (non-hydrogen) atoms. The Kier molecular flexibility index (Phi) is 12.3. The van der Waals surface area contributed by atoms with E-state index in [9.17, 15) is 18.8 Å². The number of amides is 2. The molecule has 0 radical (unpaired) electrons. The van der Waals surface area contributed by atoms with E-state index in [0.29, 0.717) is 23.1 Å². The Morgan fingerprint density at radius 1 is 1.11 bits per heavy atom. The Labute approximate surface area is 265 Å². The number of alkyl carbamates (subject to hydrolysis) is 1. The monoisotopic (exact) mass is 644 g/mol. The minimum absolute atomic E-state index is 0.0253. The van der Waals surface area contributed by atoms with E-state index in [2.05, 4.69) is 15.6 Å². The molecule has 0 fully saturated rings. The van der Waals surface area contributed by atoms with Crippen molar-refractivity contribution in [2.75, 3.05) is 24.7 Å². The highest BCUT2D eigenvalue weighted by atomic mass is 35.5. The number of ether oxygens (including phenoxy) is 3. The van der Waals surface area contributed by atoms with Crippen LogP contribution in [0.3, 0.4) is 0 Å². The van der Waals surface area contributed by atoms with Crippen molar-refractivity contribution in [2.24, 2.45) is 0 Å². The lowest BCUT2D eigenvalue weighted by Crippen LogP contribution is -2.43. The first-order chi connectivity index (χ1) is 20.9. The molecule has 13 heteroatoms. The van der Waals surface area contributed by atoms with E-state index < -0.39 is 23.6 Å². The van der Waals surface area contributed by atoms with Gasteiger partial charge in [0.2, 0.25) is 0 Å². The third-order valence-corrected chi connectivity index (χ3v) is 6.39. The van der Waals surface area contributed by atoms with Gasteiger partial charge < -0.3 is 29.4 Å². The van der Waals surface area contributed by atoms with E-state index in [1.54, 1.807) is 93.4 Å². The molecule has 2 amide bonds. The van der Waals surface area contributed by atoms with Gasteiger partial charge in [0.1, 0.15) is 23.7 Å². The minimum Gasteiger partial charge on any atom is -0.488 e. The summed E-state index contributed by atoms with van der Waals surface area (Å²) in [7, 11) is 0. The Morgan fingerprint density at radius 2 is 1.84 bits per heavy atom. The van der Waals surface area contributed by atoms with E-state index in [-0.39, 0.29) is 53.5 Å². The summed E-state index contributed by atoms with van der Waals surface area (Å²) in [6.07, 6.45) is 1.20. The molecule has 0 aliphatic heterocycles. The molecule has 0 aliphatic rings. The first-order valence-corrected chi connectivity index (χ1v) is 14.4. The van der Waals surface area contributed by atoms with Gasteiger partial charge in [-0.3, -0.25) is 10.1 Å². The van der Waals surface area contributed by atoms with Crippen LogP contribution >= 0.6 is 23.8 Å². The Morgan fingerprint density at radius 3 is 2.50 bits per heavy atom. The smallest absolute Gasteiger partial charge is 0.407 e. The molecule has 0 atom stereocenters. The van der Waals surface area contributed by atoms with Gasteiger partial charge >= 0.3 is 12.1 Å². The summed E-state index contributed by atoms with van der Waals surface area (Å²) >= 11 is 12.0. The van der Waals surface area contributed by atoms with E-state index in [1.807, 2.05) is 0 Å². The molecule has 10 nitrogen and oxygen atoms in total. The number of aromatic amines is 1. The fourth-order valence-corrected chi connectivity index (χ4v) is 4.20. The zero-order chi connectivity index (χ0) is 32.3. The number of esters is 1. The highest BCUT2D eigenvalue weighted by Gasteiger charge is 2.24. The number of benzene rings is 2. The van der Waals surface area contributed by atoms with Crippen LogP contribution in [-0.4, -0.2) is 53.4 Å². The van der Waals surface area contributed by atoms with Gasteiger partial charge in [0.05, 0.1) is 30.2 Å². The molecule has 2 aromatic carbocycles. The molecule has 234 valence electrons. The Bertz CT molecular complexity index is 1510. The Balaban J connectivity index is 1.81. The molecular formula is C31H34ClFN4O6S. The van der Waals surface area contributed by atoms with Crippen LogP contribution in [-0.2, 0) is 16.0 Å². The molecule has 0 bridgehead atoms. The second-order valence-electron chi connectivity index (χ2n) is 10.3. The molecule has 0 spiro atoms. The van der Waals surface area contributed by atoms with Gasteiger partial charge in [-0.1, -0.05) is 35.9 Å². The van der Waals surface area contributed by atoms with Gasteiger partial charge in [-0.15, -0.1) is 0 Å². The van der Waals surface area contributed by atoms with Gasteiger partial charge in [-0.05, 0) is 75.8 Å². The van der Waals surface area contributed by atoms with Crippen LogP contribution in [0.5, 0.6) is 5.75 Å².